The number of hydrogen-bond donors (Lipinski definition) is 2. The molecule has 0 saturated heterocycles. The molecule has 0 aliphatic carbocycles. The third-order valence-electron chi connectivity index (χ3n) is 2.55. The number of nitrogens with one attached hydrogen (secondary N) is 2. The van der Waals surface area contributed by atoms with E-state index in [0.717, 1.165) is 4.47 Å². The molecule has 1 amide bonds. The van der Waals surface area contributed by atoms with Crippen LogP contribution in [0.25, 0.3) is 0 Å². The van der Waals surface area contributed by atoms with Crippen molar-refractivity contribution in [1.82, 2.24) is 10.3 Å². The second-order valence-corrected chi connectivity index (χ2v) is 5.03. The van der Waals surface area contributed by atoms with E-state index in [-0.39, 0.29) is 18.3 Å². The highest BCUT2D eigenvalue weighted by Gasteiger charge is 2.15. The highest BCUT2D eigenvalue weighted by Crippen LogP contribution is 2.13. The smallest absolute Gasteiger partial charge is 0.355 e. The molecule has 20 heavy (non-hydrogen) atoms. The van der Waals surface area contributed by atoms with Crippen LogP contribution >= 0.6 is 15.9 Å². The van der Waals surface area contributed by atoms with E-state index in [2.05, 4.69) is 26.2 Å². The Morgan fingerprint density at radius 3 is 2.95 bits per heavy atom. The second-order valence-electron chi connectivity index (χ2n) is 4.11. The van der Waals surface area contributed by atoms with Crippen molar-refractivity contribution in [2.45, 2.75) is 13.0 Å². The SMILES string of the molecule is CC(NC(=O)COC(=O)c1cc(Br)c[nH]1)c1ccco1. The number of halogens is 1. The summed E-state index contributed by atoms with van der Waals surface area (Å²) >= 11 is 3.21. The van der Waals surface area contributed by atoms with E-state index in [0.29, 0.717) is 5.76 Å². The first-order valence-electron chi connectivity index (χ1n) is 5.90. The third kappa shape index (κ3) is 3.74. The fourth-order valence-corrected chi connectivity index (χ4v) is 1.93. The van der Waals surface area contributed by atoms with Gasteiger partial charge in [-0.1, -0.05) is 0 Å². The van der Waals surface area contributed by atoms with Gasteiger partial charge in [-0.05, 0) is 41.1 Å². The van der Waals surface area contributed by atoms with Gasteiger partial charge in [0.1, 0.15) is 11.5 Å². The standard InChI is InChI=1S/C13H13BrN2O4/c1-8(11-3-2-4-19-11)16-12(17)7-20-13(18)10-5-9(14)6-15-10/h2-6,8,15H,7H2,1H3,(H,16,17). The predicted octanol–water partition coefficient (Wildman–Crippen LogP) is 2.40. The van der Waals surface area contributed by atoms with Gasteiger partial charge in [0.25, 0.3) is 5.91 Å². The molecule has 2 rings (SSSR count). The number of furan rings is 1. The molecule has 0 aliphatic rings. The Labute approximate surface area is 123 Å². The number of rotatable bonds is 5. The maximum atomic E-state index is 11.6. The number of esters is 1. The molecule has 0 aliphatic heterocycles. The first-order valence-corrected chi connectivity index (χ1v) is 6.69. The van der Waals surface area contributed by atoms with Crippen molar-refractivity contribution < 1.29 is 18.7 Å². The fraction of sp³-hybridized carbons (Fsp3) is 0.231. The lowest BCUT2D eigenvalue weighted by Gasteiger charge is -2.11. The van der Waals surface area contributed by atoms with Crippen LogP contribution in [0.15, 0.2) is 39.5 Å². The Morgan fingerprint density at radius 2 is 2.35 bits per heavy atom. The van der Waals surface area contributed by atoms with Gasteiger partial charge in [-0.2, -0.15) is 0 Å². The van der Waals surface area contributed by atoms with Gasteiger partial charge in [0.2, 0.25) is 0 Å². The highest BCUT2D eigenvalue weighted by atomic mass is 79.9. The summed E-state index contributed by atoms with van der Waals surface area (Å²) in [6, 6.07) is 4.79. The molecule has 0 aromatic carbocycles. The summed E-state index contributed by atoms with van der Waals surface area (Å²) in [6.07, 6.45) is 3.14. The molecular weight excluding hydrogens is 328 g/mol. The van der Waals surface area contributed by atoms with Crippen LogP contribution in [0.4, 0.5) is 0 Å². The molecule has 0 bridgehead atoms. The first kappa shape index (κ1) is 14.4. The van der Waals surface area contributed by atoms with Crippen molar-refractivity contribution >= 4 is 27.8 Å². The number of carbonyl (C=O) groups excluding carboxylic acids is 2. The summed E-state index contributed by atoms with van der Waals surface area (Å²) in [5.74, 6) is -0.345. The molecule has 0 saturated carbocycles. The largest absolute Gasteiger partial charge is 0.467 e. The topological polar surface area (TPSA) is 84.3 Å². The monoisotopic (exact) mass is 340 g/mol. The van der Waals surface area contributed by atoms with Crippen LogP contribution in [0, 0.1) is 0 Å². The molecule has 0 spiro atoms. The molecule has 2 aromatic heterocycles. The molecule has 1 unspecified atom stereocenters. The summed E-state index contributed by atoms with van der Waals surface area (Å²) in [4.78, 5) is 26.0. The number of hydrogen-bond acceptors (Lipinski definition) is 4. The van der Waals surface area contributed by atoms with E-state index in [1.54, 1.807) is 31.3 Å². The van der Waals surface area contributed by atoms with E-state index >= 15 is 0 Å². The maximum Gasteiger partial charge on any atom is 0.355 e. The predicted molar refractivity (Wildman–Crippen MR) is 74.0 cm³/mol. The molecule has 6 nitrogen and oxygen atoms in total. The number of aromatic nitrogens is 1. The summed E-state index contributed by atoms with van der Waals surface area (Å²) in [5.41, 5.74) is 0.281. The Hall–Kier alpha value is -2.02. The van der Waals surface area contributed by atoms with Crippen molar-refractivity contribution in [1.29, 1.82) is 0 Å². The van der Waals surface area contributed by atoms with Gasteiger partial charge < -0.3 is 19.5 Å². The van der Waals surface area contributed by atoms with E-state index in [4.69, 9.17) is 9.15 Å². The lowest BCUT2D eigenvalue weighted by Crippen LogP contribution is -2.31. The number of amides is 1. The Morgan fingerprint density at radius 1 is 1.55 bits per heavy atom. The number of aromatic amines is 1. The van der Waals surface area contributed by atoms with Gasteiger partial charge in [0, 0.05) is 10.7 Å². The van der Waals surface area contributed by atoms with E-state index < -0.39 is 11.9 Å². The fourth-order valence-electron chi connectivity index (χ4n) is 1.59. The van der Waals surface area contributed by atoms with Crippen molar-refractivity contribution in [3.05, 3.63) is 46.6 Å². The number of ether oxygens (including phenoxy) is 1. The van der Waals surface area contributed by atoms with Crippen molar-refractivity contribution in [2.24, 2.45) is 0 Å². The van der Waals surface area contributed by atoms with Gasteiger partial charge in [0.15, 0.2) is 6.61 Å². The molecule has 0 fully saturated rings. The molecule has 2 N–H and O–H groups in total. The quantitative estimate of drug-likeness (QED) is 0.818. The first-order chi connectivity index (χ1) is 9.56. The normalized spacial score (nSPS) is 11.9. The molecule has 106 valence electrons. The van der Waals surface area contributed by atoms with Crippen molar-refractivity contribution in [3.8, 4) is 0 Å². The molecule has 1 atom stereocenters. The molecule has 2 aromatic rings. The maximum absolute atomic E-state index is 11.6. The average Bonchev–Trinajstić information content (AvgIpc) is 3.06. The summed E-state index contributed by atoms with van der Waals surface area (Å²) < 4.78 is 10.8. The summed E-state index contributed by atoms with van der Waals surface area (Å²) in [6.45, 7) is 1.43. The molecule has 0 radical (unpaired) electrons. The molecular formula is C13H13BrN2O4. The Balaban J connectivity index is 1.79. The van der Waals surface area contributed by atoms with E-state index in [1.165, 1.54) is 6.26 Å². The van der Waals surface area contributed by atoms with Crippen LogP contribution in [-0.2, 0) is 9.53 Å². The van der Waals surface area contributed by atoms with Crippen LogP contribution in [-0.4, -0.2) is 23.5 Å². The molecule has 7 heteroatoms. The zero-order valence-corrected chi connectivity index (χ0v) is 12.3. The van der Waals surface area contributed by atoms with Crippen LogP contribution in [0.3, 0.4) is 0 Å². The van der Waals surface area contributed by atoms with Crippen molar-refractivity contribution in [3.63, 3.8) is 0 Å². The van der Waals surface area contributed by atoms with Crippen molar-refractivity contribution in [2.75, 3.05) is 6.61 Å². The minimum Gasteiger partial charge on any atom is -0.467 e. The minimum atomic E-state index is -0.587. The van der Waals surface area contributed by atoms with Crippen LogP contribution in [0.5, 0.6) is 0 Å². The van der Waals surface area contributed by atoms with Gasteiger partial charge in [-0.3, -0.25) is 4.79 Å². The van der Waals surface area contributed by atoms with Crippen LogP contribution < -0.4 is 5.32 Å². The van der Waals surface area contributed by atoms with Gasteiger partial charge >= 0.3 is 5.97 Å². The van der Waals surface area contributed by atoms with Crippen LogP contribution in [0.1, 0.15) is 29.2 Å². The second kappa shape index (κ2) is 6.42. The van der Waals surface area contributed by atoms with Gasteiger partial charge in [-0.25, -0.2) is 4.79 Å². The van der Waals surface area contributed by atoms with E-state index in [1.807, 2.05) is 0 Å². The highest BCUT2D eigenvalue weighted by molar-refractivity contribution is 9.10. The lowest BCUT2D eigenvalue weighted by atomic mass is 10.2. The zero-order chi connectivity index (χ0) is 14.5. The Kier molecular flexibility index (Phi) is 4.62. The van der Waals surface area contributed by atoms with Crippen LogP contribution in [0.2, 0.25) is 0 Å². The number of carbonyl (C=O) groups is 2. The van der Waals surface area contributed by atoms with Gasteiger partial charge in [0.05, 0.1) is 12.3 Å². The summed E-state index contributed by atoms with van der Waals surface area (Å²) in [7, 11) is 0. The Bertz CT molecular complexity index is 591. The third-order valence-corrected chi connectivity index (χ3v) is 3.01. The van der Waals surface area contributed by atoms with Gasteiger partial charge in [-0.15, -0.1) is 0 Å². The number of H-pyrrole nitrogens is 1. The summed E-state index contributed by atoms with van der Waals surface area (Å²) in [5, 5.41) is 2.66. The zero-order valence-electron chi connectivity index (χ0n) is 10.7. The lowest BCUT2D eigenvalue weighted by molar-refractivity contribution is -0.125. The minimum absolute atomic E-state index is 0.281. The molecule has 2 heterocycles. The van der Waals surface area contributed by atoms with E-state index in [9.17, 15) is 9.59 Å². The average molecular weight is 341 g/mol.